The molecule has 9 nitrogen and oxygen atoms in total. The van der Waals surface area contributed by atoms with E-state index in [1.54, 1.807) is 36.6 Å². The maximum atomic E-state index is 13.2. The van der Waals surface area contributed by atoms with E-state index in [0.29, 0.717) is 34.5 Å². The Morgan fingerprint density at radius 1 is 1.18 bits per heavy atom. The summed E-state index contributed by atoms with van der Waals surface area (Å²) in [5.41, 5.74) is 3.93. The highest BCUT2D eigenvalue weighted by Crippen LogP contribution is 2.26. The summed E-state index contributed by atoms with van der Waals surface area (Å²) in [6.45, 7) is 8.15. The van der Waals surface area contributed by atoms with Gasteiger partial charge < -0.3 is 10.2 Å². The van der Waals surface area contributed by atoms with E-state index in [9.17, 15) is 9.59 Å². The second-order valence-corrected chi connectivity index (χ2v) is 7.00. The predicted molar refractivity (Wildman–Crippen MR) is 107 cm³/mol. The van der Waals surface area contributed by atoms with Gasteiger partial charge in [0, 0.05) is 33.4 Å². The van der Waals surface area contributed by atoms with Crippen LogP contribution >= 0.6 is 0 Å². The molecule has 0 fully saturated rings. The fraction of sp³-hybridized carbons (Fsp3) is 0.421. The van der Waals surface area contributed by atoms with Gasteiger partial charge in [0.25, 0.3) is 11.8 Å². The number of amides is 2. The van der Waals surface area contributed by atoms with E-state index < -0.39 is 0 Å². The molecule has 0 aliphatic rings. The molecule has 3 heterocycles. The topological polar surface area (TPSA) is 97.9 Å². The number of anilines is 1. The van der Waals surface area contributed by atoms with Crippen LogP contribution in [0, 0.1) is 20.8 Å². The quantitative estimate of drug-likeness (QED) is 0.744. The Bertz CT molecular complexity index is 1090. The van der Waals surface area contributed by atoms with Gasteiger partial charge in [-0.3, -0.25) is 14.3 Å². The number of hydrogen-bond donors (Lipinski definition) is 1. The summed E-state index contributed by atoms with van der Waals surface area (Å²) in [5.74, 6) is -0.594. The van der Waals surface area contributed by atoms with Crippen LogP contribution in [0.15, 0.2) is 6.07 Å². The van der Waals surface area contributed by atoms with Gasteiger partial charge in [-0.15, -0.1) is 0 Å². The number of pyridine rings is 1. The van der Waals surface area contributed by atoms with Crippen molar-refractivity contribution in [3.05, 3.63) is 34.4 Å². The first-order chi connectivity index (χ1) is 13.1. The molecule has 0 aliphatic heterocycles. The van der Waals surface area contributed by atoms with Crippen molar-refractivity contribution >= 4 is 28.5 Å². The van der Waals surface area contributed by atoms with Gasteiger partial charge in [-0.05, 0) is 33.8 Å². The lowest BCUT2D eigenvalue weighted by Gasteiger charge is -2.11. The summed E-state index contributed by atoms with van der Waals surface area (Å²) < 4.78 is 3.37. The number of rotatable bonds is 4. The maximum absolute atomic E-state index is 13.2. The molecule has 0 atom stereocenters. The van der Waals surface area contributed by atoms with Crippen LogP contribution in [0.5, 0.6) is 0 Å². The minimum atomic E-state index is -0.321. The first-order valence-electron chi connectivity index (χ1n) is 9.07. The molecule has 2 amide bonds. The maximum Gasteiger partial charge on any atom is 0.276 e. The standard InChI is InChI=1S/C19H25N7O2/c1-8-26-17-14(11(3)22-26)13(9-10(2)20-17)18(27)21-15-12(4)25(7)23-16(15)19(28)24(5)6/h9H,8H2,1-7H3,(H,21,27). The zero-order valence-electron chi connectivity index (χ0n) is 17.3. The second kappa shape index (κ2) is 7.06. The van der Waals surface area contributed by atoms with Gasteiger partial charge in [0.1, 0.15) is 0 Å². The molecule has 3 aromatic rings. The molecule has 3 rings (SSSR count). The van der Waals surface area contributed by atoms with Gasteiger partial charge in [-0.2, -0.15) is 10.2 Å². The minimum absolute atomic E-state index is 0.210. The van der Waals surface area contributed by atoms with Crippen molar-refractivity contribution in [3.8, 4) is 0 Å². The lowest BCUT2D eigenvalue weighted by atomic mass is 10.1. The zero-order chi connectivity index (χ0) is 20.7. The Morgan fingerprint density at radius 3 is 2.46 bits per heavy atom. The average Bonchev–Trinajstić information content (AvgIpc) is 3.11. The molecule has 0 saturated carbocycles. The predicted octanol–water partition coefficient (Wildman–Crippen LogP) is 2.06. The van der Waals surface area contributed by atoms with Crippen LogP contribution < -0.4 is 5.32 Å². The normalized spacial score (nSPS) is 11.1. The Labute approximate surface area is 163 Å². The van der Waals surface area contributed by atoms with Crippen molar-refractivity contribution in [2.75, 3.05) is 19.4 Å². The number of aryl methyl sites for hydroxylation is 4. The number of nitrogens with one attached hydrogen (secondary N) is 1. The van der Waals surface area contributed by atoms with Crippen LogP contribution in [0.4, 0.5) is 5.69 Å². The van der Waals surface area contributed by atoms with Crippen LogP contribution in [0.2, 0.25) is 0 Å². The fourth-order valence-electron chi connectivity index (χ4n) is 3.18. The molecule has 0 radical (unpaired) electrons. The van der Waals surface area contributed by atoms with Crippen LogP contribution in [0.3, 0.4) is 0 Å². The number of nitrogens with zero attached hydrogens (tertiary/aromatic N) is 6. The van der Waals surface area contributed by atoms with E-state index in [0.717, 1.165) is 11.4 Å². The average molecular weight is 383 g/mol. The number of hydrogen-bond acceptors (Lipinski definition) is 5. The number of aromatic nitrogens is 5. The molecule has 0 spiro atoms. The van der Waals surface area contributed by atoms with Crippen molar-refractivity contribution in [3.63, 3.8) is 0 Å². The summed E-state index contributed by atoms with van der Waals surface area (Å²) in [7, 11) is 5.04. The largest absolute Gasteiger partial charge is 0.343 e. The third-order valence-corrected chi connectivity index (χ3v) is 4.73. The van der Waals surface area contributed by atoms with E-state index in [-0.39, 0.29) is 17.5 Å². The van der Waals surface area contributed by atoms with E-state index in [4.69, 9.17) is 0 Å². The third kappa shape index (κ3) is 3.12. The van der Waals surface area contributed by atoms with Crippen molar-refractivity contribution < 1.29 is 9.59 Å². The Balaban J connectivity index is 2.11. The van der Waals surface area contributed by atoms with Crippen LogP contribution in [0.25, 0.3) is 11.0 Å². The first kappa shape index (κ1) is 19.5. The summed E-state index contributed by atoms with van der Waals surface area (Å²) in [6, 6.07) is 1.74. The number of carbonyl (C=O) groups excluding carboxylic acids is 2. The Morgan fingerprint density at radius 2 is 1.86 bits per heavy atom. The summed E-state index contributed by atoms with van der Waals surface area (Å²) in [6.07, 6.45) is 0. The smallest absolute Gasteiger partial charge is 0.276 e. The van der Waals surface area contributed by atoms with Gasteiger partial charge in [0.15, 0.2) is 11.3 Å². The molecule has 148 valence electrons. The molecule has 0 bridgehead atoms. The van der Waals surface area contributed by atoms with E-state index in [2.05, 4.69) is 20.5 Å². The van der Waals surface area contributed by atoms with Crippen LogP contribution in [-0.4, -0.2) is 55.4 Å². The van der Waals surface area contributed by atoms with Gasteiger partial charge in [-0.25, -0.2) is 9.67 Å². The molecule has 0 saturated heterocycles. The monoisotopic (exact) mass is 383 g/mol. The second-order valence-electron chi connectivity index (χ2n) is 7.00. The molecule has 0 aliphatic carbocycles. The fourth-order valence-corrected chi connectivity index (χ4v) is 3.18. The zero-order valence-corrected chi connectivity index (χ0v) is 17.3. The molecule has 28 heavy (non-hydrogen) atoms. The molecular formula is C19H25N7O2. The summed E-state index contributed by atoms with van der Waals surface area (Å²) >= 11 is 0. The summed E-state index contributed by atoms with van der Waals surface area (Å²) in [4.78, 5) is 31.7. The highest BCUT2D eigenvalue weighted by Gasteiger charge is 2.25. The molecule has 1 N–H and O–H groups in total. The van der Waals surface area contributed by atoms with Crippen LogP contribution in [-0.2, 0) is 13.6 Å². The van der Waals surface area contributed by atoms with E-state index in [1.165, 1.54) is 4.90 Å². The van der Waals surface area contributed by atoms with Gasteiger partial charge in [-0.1, -0.05) is 0 Å². The lowest BCUT2D eigenvalue weighted by molar-refractivity contribution is 0.0822. The van der Waals surface area contributed by atoms with Gasteiger partial charge in [0.05, 0.1) is 28.0 Å². The highest BCUT2D eigenvalue weighted by molar-refractivity contribution is 6.14. The number of carbonyl (C=O) groups is 2. The van der Waals surface area contributed by atoms with Crippen molar-refractivity contribution in [1.29, 1.82) is 0 Å². The van der Waals surface area contributed by atoms with Crippen molar-refractivity contribution in [2.24, 2.45) is 7.05 Å². The molecule has 3 aromatic heterocycles. The SMILES string of the molecule is CCn1nc(C)c2c(C(=O)Nc3c(C(=O)N(C)C)nn(C)c3C)cc(C)nc21. The Kier molecular flexibility index (Phi) is 4.93. The van der Waals surface area contributed by atoms with Gasteiger partial charge >= 0.3 is 0 Å². The van der Waals surface area contributed by atoms with Crippen molar-refractivity contribution in [1.82, 2.24) is 29.4 Å². The first-order valence-corrected chi connectivity index (χ1v) is 9.07. The van der Waals surface area contributed by atoms with Gasteiger partial charge in [0.2, 0.25) is 0 Å². The van der Waals surface area contributed by atoms with E-state index >= 15 is 0 Å². The summed E-state index contributed by atoms with van der Waals surface area (Å²) in [5, 5.41) is 12.4. The molecule has 0 unspecified atom stereocenters. The van der Waals surface area contributed by atoms with E-state index in [1.807, 2.05) is 27.7 Å². The lowest BCUT2D eigenvalue weighted by Crippen LogP contribution is -2.24. The Hall–Kier alpha value is -3.23. The highest BCUT2D eigenvalue weighted by atomic mass is 16.2. The van der Waals surface area contributed by atoms with Crippen molar-refractivity contribution in [2.45, 2.75) is 34.2 Å². The minimum Gasteiger partial charge on any atom is -0.343 e. The number of fused-ring (bicyclic) bond motifs is 1. The molecule has 9 heteroatoms. The molecule has 0 aromatic carbocycles. The van der Waals surface area contributed by atoms with Crippen LogP contribution in [0.1, 0.15) is 44.9 Å². The third-order valence-electron chi connectivity index (χ3n) is 4.73. The molecular weight excluding hydrogens is 358 g/mol.